The summed E-state index contributed by atoms with van der Waals surface area (Å²) in [7, 11) is 0. The first-order chi connectivity index (χ1) is 13.0. The van der Waals surface area contributed by atoms with Crippen molar-refractivity contribution < 1.29 is 18.8 Å². The van der Waals surface area contributed by atoms with Crippen LogP contribution in [0.3, 0.4) is 0 Å². The number of hydrogen-bond acceptors (Lipinski definition) is 5. The van der Waals surface area contributed by atoms with E-state index in [0.29, 0.717) is 23.0 Å². The number of ether oxygens (including phenoxy) is 1. The summed E-state index contributed by atoms with van der Waals surface area (Å²) in [5, 5.41) is 6.30. The van der Waals surface area contributed by atoms with E-state index in [0.717, 1.165) is 5.75 Å². The second-order valence-electron chi connectivity index (χ2n) is 5.89. The van der Waals surface area contributed by atoms with Crippen LogP contribution < -0.4 is 15.0 Å². The molecular weight excluding hydrogens is 346 g/mol. The van der Waals surface area contributed by atoms with Crippen molar-refractivity contribution in [3.05, 3.63) is 66.4 Å². The van der Waals surface area contributed by atoms with E-state index in [1.807, 2.05) is 30.3 Å². The molecule has 2 aromatic carbocycles. The molecule has 3 aromatic rings. The maximum absolute atomic E-state index is 12.2. The van der Waals surface area contributed by atoms with Crippen LogP contribution in [-0.4, -0.2) is 23.5 Å². The first-order valence-electron chi connectivity index (χ1n) is 8.35. The SMILES string of the molecule is CC(=O)N(CC(=O)Nc1cc(C)on1)c1ccc(Oc2ccccc2)cc1. The second kappa shape index (κ2) is 8.18. The van der Waals surface area contributed by atoms with Crippen LogP contribution >= 0.6 is 0 Å². The lowest BCUT2D eigenvalue weighted by Crippen LogP contribution is -2.36. The van der Waals surface area contributed by atoms with Crippen molar-refractivity contribution in [3.63, 3.8) is 0 Å². The molecule has 1 aromatic heterocycles. The highest BCUT2D eigenvalue weighted by atomic mass is 16.5. The topological polar surface area (TPSA) is 84.7 Å². The molecule has 0 spiro atoms. The number of para-hydroxylation sites is 1. The van der Waals surface area contributed by atoms with Crippen LogP contribution in [0.1, 0.15) is 12.7 Å². The zero-order valence-electron chi connectivity index (χ0n) is 15.0. The van der Waals surface area contributed by atoms with Gasteiger partial charge in [-0.1, -0.05) is 23.4 Å². The van der Waals surface area contributed by atoms with Crippen LogP contribution in [0.4, 0.5) is 11.5 Å². The normalized spacial score (nSPS) is 10.3. The average molecular weight is 365 g/mol. The molecule has 0 aliphatic carbocycles. The molecule has 0 unspecified atom stereocenters. The minimum absolute atomic E-state index is 0.139. The Morgan fingerprint density at radius 2 is 1.74 bits per heavy atom. The number of aryl methyl sites for hydroxylation is 1. The molecule has 0 aliphatic heterocycles. The van der Waals surface area contributed by atoms with Crippen LogP contribution in [0.5, 0.6) is 11.5 Å². The minimum Gasteiger partial charge on any atom is -0.457 e. The van der Waals surface area contributed by atoms with Gasteiger partial charge >= 0.3 is 0 Å². The molecule has 138 valence electrons. The summed E-state index contributed by atoms with van der Waals surface area (Å²) in [4.78, 5) is 25.6. The number of nitrogens with one attached hydrogen (secondary N) is 1. The van der Waals surface area contributed by atoms with Crippen LogP contribution in [0.2, 0.25) is 0 Å². The van der Waals surface area contributed by atoms with Crippen molar-refractivity contribution in [2.75, 3.05) is 16.8 Å². The van der Waals surface area contributed by atoms with Gasteiger partial charge in [0.05, 0.1) is 0 Å². The summed E-state index contributed by atoms with van der Waals surface area (Å²) in [6.07, 6.45) is 0. The summed E-state index contributed by atoms with van der Waals surface area (Å²) in [5.41, 5.74) is 0.592. The van der Waals surface area contributed by atoms with E-state index in [1.54, 1.807) is 37.3 Å². The minimum atomic E-state index is -0.372. The van der Waals surface area contributed by atoms with Crippen molar-refractivity contribution in [1.82, 2.24) is 5.16 Å². The molecule has 0 aliphatic rings. The first kappa shape index (κ1) is 18.2. The first-order valence-corrected chi connectivity index (χ1v) is 8.35. The smallest absolute Gasteiger partial charge is 0.245 e. The third-order valence-corrected chi connectivity index (χ3v) is 3.70. The van der Waals surface area contributed by atoms with Crippen molar-refractivity contribution in [2.24, 2.45) is 0 Å². The van der Waals surface area contributed by atoms with Gasteiger partial charge < -0.3 is 19.5 Å². The Morgan fingerprint density at radius 1 is 1.07 bits per heavy atom. The van der Waals surface area contributed by atoms with Crippen LogP contribution in [0.15, 0.2) is 65.2 Å². The highest BCUT2D eigenvalue weighted by Gasteiger charge is 2.17. The Hall–Kier alpha value is -3.61. The third kappa shape index (κ3) is 4.94. The lowest BCUT2D eigenvalue weighted by molar-refractivity contribution is -0.120. The highest BCUT2D eigenvalue weighted by Crippen LogP contribution is 2.24. The van der Waals surface area contributed by atoms with E-state index in [4.69, 9.17) is 9.26 Å². The Labute approximate surface area is 156 Å². The fourth-order valence-electron chi connectivity index (χ4n) is 2.45. The summed E-state index contributed by atoms with van der Waals surface area (Å²) in [6, 6.07) is 17.9. The van der Waals surface area contributed by atoms with Gasteiger partial charge in [0.25, 0.3) is 0 Å². The second-order valence-corrected chi connectivity index (χ2v) is 5.89. The molecule has 0 saturated heterocycles. The van der Waals surface area contributed by atoms with E-state index in [1.165, 1.54) is 11.8 Å². The predicted octanol–water partition coefficient (Wildman–Crippen LogP) is 3.77. The summed E-state index contributed by atoms with van der Waals surface area (Å²) in [6.45, 7) is 2.99. The van der Waals surface area contributed by atoms with Gasteiger partial charge in [-0.2, -0.15) is 0 Å². The number of rotatable bonds is 6. The van der Waals surface area contributed by atoms with Gasteiger partial charge in [0, 0.05) is 18.7 Å². The molecule has 0 atom stereocenters. The number of hydrogen-bond donors (Lipinski definition) is 1. The van der Waals surface area contributed by atoms with Gasteiger partial charge in [-0.25, -0.2) is 0 Å². The van der Waals surface area contributed by atoms with E-state index in [9.17, 15) is 9.59 Å². The van der Waals surface area contributed by atoms with E-state index < -0.39 is 0 Å². The van der Waals surface area contributed by atoms with E-state index in [-0.39, 0.29) is 18.4 Å². The Balaban J connectivity index is 1.67. The quantitative estimate of drug-likeness (QED) is 0.719. The third-order valence-electron chi connectivity index (χ3n) is 3.70. The lowest BCUT2D eigenvalue weighted by Gasteiger charge is -2.20. The van der Waals surface area contributed by atoms with Gasteiger partial charge in [0.15, 0.2) is 5.82 Å². The number of carbonyl (C=O) groups is 2. The standard InChI is InChI=1S/C20H19N3O4/c1-14-12-19(22-27-14)21-20(25)13-23(15(2)24)16-8-10-18(11-9-16)26-17-6-4-3-5-7-17/h3-12H,13H2,1-2H3,(H,21,22,25). The van der Waals surface area contributed by atoms with Gasteiger partial charge in [0.1, 0.15) is 23.8 Å². The number of nitrogens with zero attached hydrogens (tertiary/aromatic N) is 2. The number of benzene rings is 2. The number of aromatic nitrogens is 1. The van der Waals surface area contributed by atoms with Crippen LogP contribution in [-0.2, 0) is 9.59 Å². The maximum atomic E-state index is 12.2. The average Bonchev–Trinajstić information content (AvgIpc) is 3.06. The Kier molecular flexibility index (Phi) is 5.51. The maximum Gasteiger partial charge on any atom is 0.245 e. The lowest BCUT2D eigenvalue weighted by atomic mass is 10.2. The fraction of sp³-hybridized carbons (Fsp3) is 0.150. The predicted molar refractivity (Wildman–Crippen MR) is 101 cm³/mol. The Morgan fingerprint density at radius 3 is 2.33 bits per heavy atom. The molecule has 3 rings (SSSR count). The molecule has 0 radical (unpaired) electrons. The highest BCUT2D eigenvalue weighted by molar-refractivity contribution is 6.01. The molecule has 2 amide bonds. The van der Waals surface area contributed by atoms with Gasteiger partial charge in [-0.15, -0.1) is 0 Å². The largest absolute Gasteiger partial charge is 0.457 e. The number of anilines is 2. The zero-order chi connectivity index (χ0) is 19.2. The van der Waals surface area contributed by atoms with Crippen molar-refractivity contribution in [3.8, 4) is 11.5 Å². The molecule has 0 saturated carbocycles. The monoisotopic (exact) mass is 365 g/mol. The van der Waals surface area contributed by atoms with Crippen LogP contribution in [0.25, 0.3) is 0 Å². The molecule has 0 fully saturated rings. The zero-order valence-corrected chi connectivity index (χ0v) is 15.0. The summed E-state index contributed by atoms with van der Waals surface area (Å²) in [5.74, 6) is 1.63. The van der Waals surface area contributed by atoms with Gasteiger partial charge in [-0.05, 0) is 43.3 Å². The molecule has 1 heterocycles. The summed E-state index contributed by atoms with van der Waals surface area (Å²) >= 11 is 0. The summed E-state index contributed by atoms with van der Waals surface area (Å²) < 4.78 is 10.6. The van der Waals surface area contributed by atoms with Crippen molar-refractivity contribution >= 4 is 23.3 Å². The molecule has 0 bridgehead atoms. The van der Waals surface area contributed by atoms with Crippen LogP contribution in [0, 0.1) is 6.92 Å². The molecular formula is C20H19N3O4. The Bertz CT molecular complexity index is 920. The molecule has 27 heavy (non-hydrogen) atoms. The number of carbonyl (C=O) groups excluding carboxylic acids is 2. The number of amides is 2. The van der Waals surface area contributed by atoms with E-state index >= 15 is 0 Å². The van der Waals surface area contributed by atoms with Gasteiger partial charge in [-0.3, -0.25) is 9.59 Å². The molecule has 7 heteroatoms. The fourth-order valence-corrected chi connectivity index (χ4v) is 2.45. The van der Waals surface area contributed by atoms with Crippen molar-refractivity contribution in [1.29, 1.82) is 0 Å². The molecule has 1 N–H and O–H groups in total. The van der Waals surface area contributed by atoms with Gasteiger partial charge in [0.2, 0.25) is 11.8 Å². The van der Waals surface area contributed by atoms with Crippen molar-refractivity contribution in [2.45, 2.75) is 13.8 Å². The molecule has 7 nitrogen and oxygen atoms in total. The van der Waals surface area contributed by atoms with E-state index in [2.05, 4.69) is 10.5 Å².